The number of methoxy groups -OCH3 is 1. The summed E-state index contributed by atoms with van der Waals surface area (Å²) in [5.74, 6) is 0.611. The fraction of sp³-hybridized carbons (Fsp3) is 0.154. The van der Waals surface area contributed by atoms with Gasteiger partial charge in [-0.3, -0.25) is 4.31 Å². The van der Waals surface area contributed by atoms with Gasteiger partial charge in [-0.1, -0.05) is 23.7 Å². The third-order valence-electron chi connectivity index (χ3n) is 2.70. The van der Waals surface area contributed by atoms with Crippen LogP contribution in [0.1, 0.15) is 0 Å². The molecule has 1 aromatic carbocycles. The highest BCUT2D eigenvalue weighted by Crippen LogP contribution is 2.23. The molecule has 0 saturated carbocycles. The molecule has 0 fully saturated rings. The van der Waals surface area contributed by atoms with Crippen LogP contribution in [0.2, 0.25) is 5.02 Å². The van der Waals surface area contributed by atoms with Gasteiger partial charge >= 0.3 is 0 Å². The molecular formula is C13H13ClN2O3S. The molecular weight excluding hydrogens is 300 g/mol. The lowest BCUT2D eigenvalue weighted by Gasteiger charge is -2.18. The number of halogens is 1. The number of anilines is 1. The van der Waals surface area contributed by atoms with E-state index >= 15 is 0 Å². The van der Waals surface area contributed by atoms with Gasteiger partial charge in [0.1, 0.15) is 5.82 Å². The van der Waals surface area contributed by atoms with Crippen LogP contribution >= 0.6 is 11.6 Å². The Hall–Kier alpha value is -1.79. The first-order valence-corrected chi connectivity index (χ1v) is 7.52. The van der Waals surface area contributed by atoms with E-state index < -0.39 is 10.0 Å². The van der Waals surface area contributed by atoms with E-state index in [1.165, 1.54) is 26.3 Å². The standard InChI is InChI=1S/C13H13ClN2O3S/c1-16(12-7-4-8-13(15-12)19-2)20(17,18)11-6-3-5-10(14)9-11/h3-9H,1-2H3. The van der Waals surface area contributed by atoms with Gasteiger partial charge in [0.25, 0.3) is 10.0 Å². The lowest BCUT2D eigenvalue weighted by atomic mass is 10.4. The summed E-state index contributed by atoms with van der Waals surface area (Å²) in [5.41, 5.74) is 0. The Morgan fingerprint density at radius 2 is 1.90 bits per heavy atom. The smallest absolute Gasteiger partial charge is 0.265 e. The van der Waals surface area contributed by atoms with Crippen molar-refractivity contribution >= 4 is 27.4 Å². The van der Waals surface area contributed by atoms with Crippen molar-refractivity contribution in [3.63, 3.8) is 0 Å². The number of hydrogen-bond donors (Lipinski definition) is 0. The maximum absolute atomic E-state index is 12.5. The van der Waals surface area contributed by atoms with Gasteiger partial charge in [-0.2, -0.15) is 4.98 Å². The minimum absolute atomic E-state index is 0.108. The van der Waals surface area contributed by atoms with Gasteiger partial charge in [-0.15, -0.1) is 0 Å². The molecule has 1 heterocycles. The van der Waals surface area contributed by atoms with Gasteiger partial charge < -0.3 is 4.74 Å². The third-order valence-corrected chi connectivity index (χ3v) is 4.69. The highest BCUT2D eigenvalue weighted by molar-refractivity contribution is 7.92. The molecule has 0 radical (unpaired) electrons. The highest BCUT2D eigenvalue weighted by Gasteiger charge is 2.22. The molecule has 106 valence electrons. The van der Waals surface area contributed by atoms with Gasteiger partial charge in [-0.05, 0) is 24.3 Å². The Morgan fingerprint density at radius 3 is 2.55 bits per heavy atom. The first-order valence-electron chi connectivity index (χ1n) is 5.70. The maximum atomic E-state index is 12.5. The summed E-state index contributed by atoms with van der Waals surface area (Å²) in [7, 11) is -0.810. The molecule has 2 rings (SSSR count). The molecule has 0 aliphatic carbocycles. The monoisotopic (exact) mass is 312 g/mol. The van der Waals surface area contributed by atoms with Crippen LogP contribution in [0.15, 0.2) is 47.4 Å². The zero-order valence-electron chi connectivity index (χ0n) is 10.9. The Morgan fingerprint density at radius 1 is 1.20 bits per heavy atom. The minimum Gasteiger partial charge on any atom is -0.481 e. The molecule has 7 heteroatoms. The van der Waals surface area contributed by atoms with Gasteiger partial charge in [0.05, 0.1) is 12.0 Å². The van der Waals surface area contributed by atoms with Crippen molar-refractivity contribution in [3.8, 4) is 5.88 Å². The second-order valence-electron chi connectivity index (χ2n) is 3.97. The number of nitrogens with zero attached hydrogens (tertiary/aromatic N) is 2. The van der Waals surface area contributed by atoms with E-state index in [-0.39, 0.29) is 10.7 Å². The second kappa shape index (κ2) is 5.68. The van der Waals surface area contributed by atoms with Crippen molar-refractivity contribution in [3.05, 3.63) is 47.5 Å². The maximum Gasteiger partial charge on any atom is 0.265 e. The van der Waals surface area contributed by atoms with Crippen molar-refractivity contribution in [2.24, 2.45) is 0 Å². The van der Waals surface area contributed by atoms with E-state index in [2.05, 4.69) is 4.98 Å². The van der Waals surface area contributed by atoms with Gasteiger partial charge in [0.15, 0.2) is 0 Å². The first-order chi connectivity index (χ1) is 9.45. The molecule has 0 saturated heterocycles. The van der Waals surface area contributed by atoms with Gasteiger partial charge in [-0.25, -0.2) is 8.42 Å². The Bertz CT molecular complexity index is 719. The zero-order valence-corrected chi connectivity index (χ0v) is 12.5. The predicted molar refractivity (Wildman–Crippen MR) is 77.8 cm³/mol. The summed E-state index contributed by atoms with van der Waals surface area (Å²) in [6.45, 7) is 0. The highest BCUT2D eigenvalue weighted by atomic mass is 35.5. The summed E-state index contributed by atoms with van der Waals surface area (Å²) in [6.07, 6.45) is 0. The molecule has 2 aromatic rings. The van der Waals surface area contributed by atoms with E-state index in [1.807, 2.05) is 0 Å². The van der Waals surface area contributed by atoms with Crippen molar-refractivity contribution in [2.45, 2.75) is 4.90 Å². The Labute approximate surface area is 122 Å². The number of sulfonamides is 1. The number of rotatable bonds is 4. The van der Waals surface area contributed by atoms with Crippen LogP contribution in [0, 0.1) is 0 Å². The normalized spacial score (nSPS) is 11.2. The van der Waals surface area contributed by atoms with E-state index in [0.717, 1.165) is 4.31 Å². The minimum atomic E-state index is -3.71. The quantitative estimate of drug-likeness (QED) is 0.870. The summed E-state index contributed by atoms with van der Waals surface area (Å²) in [5, 5.41) is 0.359. The summed E-state index contributed by atoms with van der Waals surface area (Å²) < 4.78 is 31.0. The molecule has 20 heavy (non-hydrogen) atoms. The fourth-order valence-electron chi connectivity index (χ4n) is 1.60. The van der Waals surface area contributed by atoms with Crippen molar-refractivity contribution in [1.29, 1.82) is 0 Å². The van der Waals surface area contributed by atoms with Crippen LogP contribution in [-0.4, -0.2) is 27.6 Å². The van der Waals surface area contributed by atoms with Gasteiger partial charge in [0.2, 0.25) is 5.88 Å². The van der Waals surface area contributed by atoms with Gasteiger partial charge in [0, 0.05) is 18.1 Å². The molecule has 0 aliphatic rings. The first kappa shape index (κ1) is 14.6. The number of aromatic nitrogens is 1. The second-order valence-corrected chi connectivity index (χ2v) is 6.37. The fourth-order valence-corrected chi connectivity index (χ4v) is 3.05. The van der Waals surface area contributed by atoms with Crippen molar-refractivity contribution < 1.29 is 13.2 Å². The Kier molecular flexibility index (Phi) is 4.15. The summed E-state index contributed by atoms with van der Waals surface area (Å²) in [4.78, 5) is 4.21. The van der Waals surface area contributed by atoms with Crippen LogP contribution in [0.5, 0.6) is 5.88 Å². The van der Waals surface area contributed by atoms with Crippen molar-refractivity contribution in [2.75, 3.05) is 18.5 Å². The topological polar surface area (TPSA) is 59.5 Å². The van der Waals surface area contributed by atoms with E-state index in [9.17, 15) is 8.42 Å². The summed E-state index contributed by atoms with van der Waals surface area (Å²) in [6, 6.07) is 11.0. The third kappa shape index (κ3) is 2.86. The Balaban J connectivity index is 2.43. The molecule has 0 bridgehead atoms. The van der Waals surface area contributed by atoms with Crippen LogP contribution in [0.25, 0.3) is 0 Å². The zero-order chi connectivity index (χ0) is 14.8. The molecule has 5 nitrogen and oxygen atoms in total. The lowest BCUT2D eigenvalue weighted by molar-refractivity contribution is 0.398. The predicted octanol–water partition coefficient (Wildman–Crippen LogP) is 2.57. The number of pyridine rings is 1. The van der Waals surface area contributed by atoms with E-state index in [1.54, 1.807) is 30.3 Å². The van der Waals surface area contributed by atoms with Crippen LogP contribution in [0.3, 0.4) is 0 Å². The van der Waals surface area contributed by atoms with Crippen LogP contribution in [-0.2, 0) is 10.0 Å². The van der Waals surface area contributed by atoms with Crippen LogP contribution in [0.4, 0.5) is 5.82 Å². The average Bonchev–Trinajstić information content (AvgIpc) is 2.46. The molecule has 0 atom stereocenters. The van der Waals surface area contributed by atoms with Crippen molar-refractivity contribution in [1.82, 2.24) is 4.98 Å². The number of ether oxygens (including phenoxy) is 1. The molecule has 0 unspecified atom stereocenters. The molecule has 0 amide bonds. The average molecular weight is 313 g/mol. The number of benzene rings is 1. The lowest BCUT2D eigenvalue weighted by Crippen LogP contribution is -2.27. The van der Waals surface area contributed by atoms with E-state index in [0.29, 0.717) is 10.9 Å². The molecule has 0 aliphatic heterocycles. The van der Waals surface area contributed by atoms with Crippen LogP contribution < -0.4 is 9.04 Å². The molecule has 0 spiro atoms. The molecule has 0 N–H and O–H groups in total. The number of hydrogen-bond acceptors (Lipinski definition) is 4. The van der Waals surface area contributed by atoms with E-state index in [4.69, 9.17) is 16.3 Å². The summed E-state index contributed by atoms with van der Waals surface area (Å²) >= 11 is 5.83. The largest absolute Gasteiger partial charge is 0.481 e. The molecule has 1 aromatic heterocycles. The SMILES string of the molecule is COc1cccc(N(C)S(=O)(=O)c2cccc(Cl)c2)n1.